The number of anilines is 1. The molecule has 4 rings (SSSR count). The highest BCUT2D eigenvalue weighted by atomic mass is 16.5. The SMILES string of the molecule is COc1cc2ncnc(N3CC4(CC(CB(O)O)C4)C3)c2cc1OC. The minimum absolute atomic E-state index is 0.313. The molecule has 0 unspecified atom stereocenters. The maximum atomic E-state index is 9.10. The Labute approximate surface area is 146 Å². The maximum Gasteiger partial charge on any atom is 0.451 e. The van der Waals surface area contributed by atoms with E-state index in [1.807, 2.05) is 12.1 Å². The normalized spacial score (nSPS) is 18.8. The average Bonchev–Trinajstić information content (AvgIpc) is 2.53. The quantitative estimate of drug-likeness (QED) is 0.792. The zero-order chi connectivity index (χ0) is 17.6. The number of rotatable bonds is 5. The first-order chi connectivity index (χ1) is 12.0. The van der Waals surface area contributed by atoms with E-state index in [1.165, 1.54) is 0 Å². The summed E-state index contributed by atoms with van der Waals surface area (Å²) in [5, 5.41) is 19.1. The lowest BCUT2D eigenvalue weighted by atomic mass is 9.53. The summed E-state index contributed by atoms with van der Waals surface area (Å²) in [5.74, 6) is 2.67. The predicted molar refractivity (Wildman–Crippen MR) is 95.0 cm³/mol. The minimum atomic E-state index is -1.19. The first-order valence-corrected chi connectivity index (χ1v) is 8.51. The van der Waals surface area contributed by atoms with Crippen LogP contribution in [0, 0.1) is 11.3 Å². The van der Waals surface area contributed by atoms with Crippen LogP contribution >= 0.6 is 0 Å². The first-order valence-electron chi connectivity index (χ1n) is 8.51. The molecule has 0 amide bonds. The Hall–Kier alpha value is -2.06. The fraction of sp³-hybridized carbons (Fsp3) is 0.529. The van der Waals surface area contributed by atoms with Crippen molar-refractivity contribution in [3.05, 3.63) is 18.5 Å². The van der Waals surface area contributed by atoms with E-state index in [2.05, 4.69) is 14.9 Å². The summed E-state index contributed by atoms with van der Waals surface area (Å²) in [5.41, 5.74) is 1.14. The highest BCUT2D eigenvalue weighted by molar-refractivity contribution is 6.41. The molecule has 132 valence electrons. The molecule has 2 fully saturated rings. The monoisotopic (exact) mass is 343 g/mol. The lowest BCUT2D eigenvalue weighted by Crippen LogP contribution is -2.63. The Morgan fingerprint density at radius 1 is 1.16 bits per heavy atom. The van der Waals surface area contributed by atoms with Crippen LogP contribution in [-0.2, 0) is 0 Å². The third kappa shape index (κ3) is 2.79. The van der Waals surface area contributed by atoms with Crippen molar-refractivity contribution in [2.45, 2.75) is 19.2 Å². The third-order valence-electron chi connectivity index (χ3n) is 5.46. The summed E-state index contributed by atoms with van der Waals surface area (Å²) in [6, 6.07) is 3.80. The maximum absolute atomic E-state index is 9.10. The molecule has 2 aliphatic rings. The zero-order valence-electron chi connectivity index (χ0n) is 14.5. The molecule has 1 aliphatic heterocycles. The fourth-order valence-electron chi connectivity index (χ4n) is 4.42. The lowest BCUT2D eigenvalue weighted by Gasteiger charge is -2.59. The van der Waals surface area contributed by atoms with E-state index in [9.17, 15) is 0 Å². The average molecular weight is 343 g/mol. The van der Waals surface area contributed by atoms with E-state index in [0.29, 0.717) is 29.2 Å². The Morgan fingerprint density at radius 2 is 1.84 bits per heavy atom. The second-order valence-electron chi connectivity index (χ2n) is 7.27. The molecule has 0 atom stereocenters. The van der Waals surface area contributed by atoms with E-state index < -0.39 is 7.12 Å². The summed E-state index contributed by atoms with van der Waals surface area (Å²) in [6.45, 7) is 1.90. The van der Waals surface area contributed by atoms with Gasteiger partial charge in [0.15, 0.2) is 11.5 Å². The van der Waals surface area contributed by atoms with E-state index in [4.69, 9.17) is 19.5 Å². The van der Waals surface area contributed by atoms with Crippen LogP contribution in [0.2, 0.25) is 6.32 Å². The summed E-state index contributed by atoms with van der Waals surface area (Å²) in [4.78, 5) is 11.1. The van der Waals surface area contributed by atoms with Crippen molar-refractivity contribution < 1.29 is 19.5 Å². The predicted octanol–water partition coefficient (Wildman–Crippen LogP) is 1.34. The molecule has 7 nitrogen and oxygen atoms in total. The van der Waals surface area contributed by atoms with Crippen LogP contribution in [-0.4, -0.2) is 54.4 Å². The van der Waals surface area contributed by atoms with Crippen LogP contribution in [0.25, 0.3) is 10.9 Å². The van der Waals surface area contributed by atoms with Crippen LogP contribution in [0.5, 0.6) is 11.5 Å². The van der Waals surface area contributed by atoms with Crippen LogP contribution in [0.1, 0.15) is 12.8 Å². The fourth-order valence-corrected chi connectivity index (χ4v) is 4.42. The molecule has 25 heavy (non-hydrogen) atoms. The molecule has 0 bridgehead atoms. The highest BCUT2D eigenvalue weighted by Crippen LogP contribution is 2.54. The smallest absolute Gasteiger partial charge is 0.451 e. The van der Waals surface area contributed by atoms with Gasteiger partial charge in [0.2, 0.25) is 0 Å². The number of hydrogen-bond donors (Lipinski definition) is 2. The summed E-state index contributed by atoms with van der Waals surface area (Å²) >= 11 is 0. The molecule has 2 aromatic rings. The molecule has 1 aliphatic carbocycles. The molecule has 0 radical (unpaired) electrons. The van der Waals surface area contributed by atoms with E-state index in [-0.39, 0.29) is 0 Å². The topological polar surface area (TPSA) is 87.9 Å². The van der Waals surface area contributed by atoms with Gasteiger partial charge in [-0.1, -0.05) is 0 Å². The molecule has 1 aromatic carbocycles. The van der Waals surface area contributed by atoms with Crippen molar-refractivity contribution in [3.63, 3.8) is 0 Å². The van der Waals surface area contributed by atoms with Crippen molar-refractivity contribution in [1.82, 2.24) is 9.97 Å². The van der Waals surface area contributed by atoms with Gasteiger partial charge in [-0.05, 0) is 31.1 Å². The summed E-state index contributed by atoms with van der Waals surface area (Å²) < 4.78 is 10.8. The molecular formula is C17H22BN3O4. The van der Waals surface area contributed by atoms with Gasteiger partial charge in [-0.15, -0.1) is 0 Å². The van der Waals surface area contributed by atoms with Crippen molar-refractivity contribution in [2.75, 3.05) is 32.2 Å². The number of nitrogens with zero attached hydrogens (tertiary/aromatic N) is 3. The van der Waals surface area contributed by atoms with Gasteiger partial charge >= 0.3 is 7.12 Å². The second-order valence-corrected chi connectivity index (χ2v) is 7.27. The number of hydrogen-bond acceptors (Lipinski definition) is 7. The zero-order valence-corrected chi connectivity index (χ0v) is 14.5. The summed E-state index contributed by atoms with van der Waals surface area (Å²) in [7, 11) is 2.05. The largest absolute Gasteiger partial charge is 0.493 e. The van der Waals surface area contributed by atoms with Gasteiger partial charge in [0, 0.05) is 30.0 Å². The Balaban J connectivity index is 1.54. The molecular weight excluding hydrogens is 321 g/mol. The Bertz CT molecular complexity index is 787. The number of fused-ring (bicyclic) bond motifs is 1. The van der Waals surface area contributed by atoms with Gasteiger partial charge in [-0.25, -0.2) is 9.97 Å². The van der Waals surface area contributed by atoms with E-state index >= 15 is 0 Å². The van der Waals surface area contributed by atoms with Crippen molar-refractivity contribution in [1.29, 1.82) is 0 Å². The van der Waals surface area contributed by atoms with Crippen LogP contribution in [0.4, 0.5) is 5.82 Å². The molecule has 8 heteroatoms. The van der Waals surface area contributed by atoms with Gasteiger partial charge in [-0.3, -0.25) is 0 Å². The van der Waals surface area contributed by atoms with Gasteiger partial charge in [0.1, 0.15) is 12.1 Å². The number of benzene rings is 1. The number of methoxy groups -OCH3 is 2. The van der Waals surface area contributed by atoms with Gasteiger partial charge in [0.05, 0.1) is 19.7 Å². The van der Waals surface area contributed by atoms with Crippen LogP contribution < -0.4 is 14.4 Å². The lowest BCUT2D eigenvalue weighted by molar-refractivity contribution is 0.0303. The second kappa shape index (κ2) is 6.03. The van der Waals surface area contributed by atoms with Gasteiger partial charge in [0.25, 0.3) is 0 Å². The molecule has 1 saturated heterocycles. The van der Waals surface area contributed by atoms with Crippen LogP contribution in [0.3, 0.4) is 0 Å². The molecule has 1 aromatic heterocycles. The molecule has 2 N–H and O–H groups in total. The van der Waals surface area contributed by atoms with Gasteiger partial charge in [-0.2, -0.15) is 0 Å². The number of aromatic nitrogens is 2. The minimum Gasteiger partial charge on any atom is -0.493 e. The van der Waals surface area contributed by atoms with Crippen molar-refractivity contribution in [3.8, 4) is 11.5 Å². The third-order valence-corrected chi connectivity index (χ3v) is 5.46. The van der Waals surface area contributed by atoms with Crippen molar-refractivity contribution in [2.24, 2.45) is 11.3 Å². The summed E-state index contributed by atoms with van der Waals surface area (Å²) in [6.07, 6.45) is 4.18. The molecule has 2 heterocycles. The molecule has 1 saturated carbocycles. The first kappa shape index (κ1) is 16.4. The van der Waals surface area contributed by atoms with Crippen molar-refractivity contribution >= 4 is 23.8 Å². The Kier molecular flexibility index (Phi) is 3.96. The Morgan fingerprint density at radius 3 is 2.48 bits per heavy atom. The van der Waals surface area contributed by atoms with Gasteiger partial charge < -0.3 is 24.4 Å². The van der Waals surface area contributed by atoms with E-state index in [0.717, 1.165) is 42.7 Å². The molecule has 1 spiro atoms. The standard InChI is InChI=1S/C17H22BN3O4/c1-24-14-3-12-13(4-15(14)25-2)19-10-20-16(12)21-8-17(9-21)5-11(6-17)7-18(22)23/h3-4,10-11,22-23H,5-9H2,1-2H3. The number of ether oxygens (including phenoxy) is 2. The highest BCUT2D eigenvalue weighted by Gasteiger charge is 2.53. The van der Waals surface area contributed by atoms with Crippen LogP contribution in [0.15, 0.2) is 18.5 Å². The van der Waals surface area contributed by atoms with E-state index in [1.54, 1.807) is 20.5 Å².